The van der Waals surface area contributed by atoms with E-state index in [1.54, 1.807) is 28.8 Å². The van der Waals surface area contributed by atoms with Gasteiger partial charge in [-0.1, -0.05) is 12.1 Å². The van der Waals surface area contributed by atoms with Gasteiger partial charge in [-0.3, -0.25) is 0 Å². The fourth-order valence-electron chi connectivity index (χ4n) is 3.76. The van der Waals surface area contributed by atoms with E-state index in [0.29, 0.717) is 5.78 Å². The molecule has 0 fully saturated rings. The summed E-state index contributed by atoms with van der Waals surface area (Å²) in [6.07, 6.45) is 6.22. The molecule has 2 aromatic carbocycles. The van der Waals surface area contributed by atoms with Crippen molar-refractivity contribution in [3.8, 4) is 11.3 Å². The van der Waals surface area contributed by atoms with Gasteiger partial charge in [0.1, 0.15) is 18.0 Å². The maximum absolute atomic E-state index is 13.4. The van der Waals surface area contributed by atoms with Gasteiger partial charge < -0.3 is 0 Å². The fourth-order valence-corrected chi connectivity index (χ4v) is 3.76. The van der Waals surface area contributed by atoms with Crippen LogP contribution in [0.2, 0.25) is 0 Å². The first-order chi connectivity index (χ1) is 13.7. The first kappa shape index (κ1) is 16.7. The third-order valence-electron chi connectivity index (χ3n) is 5.03. The number of nitrogens with zero attached hydrogens (tertiary/aromatic N) is 4. The second-order valence-corrected chi connectivity index (χ2v) is 6.84. The highest BCUT2D eigenvalue weighted by molar-refractivity contribution is 5.85. The van der Waals surface area contributed by atoms with Crippen LogP contribution in [0.25, 0.3) is 28.7 Å². The first-order valence-corrected chi connectivity index (χ1v) is 9.14. The zero-order chi connectivity index (χ0) is 19.1. The summed E-state index contributed by atoms with van der Waals surface area (Å²) in [5.74, 6) is -0.0310. The van der Waals surface area contributed by atoms with E-state index in [1.165, 1.54) is 30.6 Å². The van der Waals surface area contributed by atoms with Gasteiger partial charge in [0.25, 0.3) is 5.78 Å². The van der Waals surface area contributed by atoms with Crippen molar-refractivity contribution in [2.45, 2.75) is 19.3 Å². The van der Waals surface area contributed by atoms with E-state index in [1.807, 2.05) is 6.08 Å². The average molecular weight is 374 g/mol. The Hall–Kier alpha value is -3.41. The van der Waals surface area contributed by atoms with Crippen LogP contribution in [0.1, 0.15) is 29.7 Å². The van der Waals surface area contributed by atoms with Gasteiger partial charge in [0.15, 0.2) is 0 Å². The van der Waals surface area contributed by atoms with E-state index in [4.69, 9.17) is 4.98 Å². The number of benzene rings is 2. The normalized spacial score (nSPS) is 15.1. The number of hydrogen-bond acceptors (Lipinski definition) is 3. The predicted octanol–water partition coefficient (Wildman–Crippen LogP) is 4.95. The summed E-state index contributed by atoms with van der Waals surface area (Å²) in [5.41, 5.74) is 5.73. The molecule has 0 amide bonds. The van der Waals surface area contributed by atoms with Crippen molar-refractivity contribution in [2.24, 2.45) is 0 Å². The molecule has 2 heterocycles. The zero-order valence-corrected chi connectivity index (χ0v) is 14.9. The highest BCUT2D eigenvalue weighted by atomic mass is 19.1. The molecule has 0 radical (unpaired) electrons. The molecule has 0 atom stereocenters. The number of hydrogen-bond donors (Lipinski definition) is 0. The Labute approximate surface area is 160 Å². The van der Waals surface area contributed by atoms with Crippen molar-refractivity contribution in [1.82, 2.24) is 19.6 Å². The van der Waals surface area contributed by atoms with Crippen LogP contribution in [0.5, 0.6) is 0 Å². The lowest BCUT2D eigenvalue weighted by atomic mass is 9.87. The molecule has 4 aromatic rings. The summed E-state index contributed by atoms with van der Waals surface area (Å²) in [7, 11) is 0. The van der Waals surface area contributed by atoms with E-state index < -0.39 is 0 Å². The molecule has 5 rings (SSSR count). The number of aromatic nitrogens is 4. The SMILES string of the molecule is Fc1ccc(/C=C2\CCCc3c2nc2ncnn2c3-c2ccc(F)cc2)cc1. The molecule has 0 bridgehead atoms. The molecule has 0 spiro atoms. The maximum Gasteiger partial charge on any atom is 0.253 e. The van der Waals surface area contributed by atoms with E-state index in [-0.39, 0.29) is 11.6 Å². The van der Waals surface area contributed by atoms with E-state index in [0.717, 1.165) is 52.9 Å². The van der Waals surface area contributed by atoms with Gasteiger partial charge in [-0.15, -0.1) is 0 Å². The number of halogens is 2. The lowest BCUT2D eigenvalue weighted by molar-refractivity contribution is 0.627. The van der Waals surface area contributed by atoms with Gasteiger partial charge in [0.2, 0.25) is 0 Å². The van der Waals surface area contributed by atoms with Crippen LogP contribution in [-0.4, -0.2) is 19.6 Å². The van der Waals surface area contributed by atoms with Crippen molar-refractivity contribution >= 4 is 17.4 Å². The highest BCUT2D eigenvalue weighted by Crippen LogP contribution is 2.37. The van der Waals surface area contributed by atoms with Crippen LogP contribution >= 0.6 is 0 Å². The summed E-state index contributed by atoms with van der Waals surface area (Å²) < 4.78 is 28.4. The second kappa shape index (κ2) is 6.64. The van der Waals surface area contributed by atoms with Crippen molar-refractivity contribution in [3.63, 3.8) is 0 Å². The monoisotopic (exact) mass is 374 g/mol. The first-order valence-electron chi connectivity index (χ1n) is 9.14. The van der Waals surface area contributed by atoms with Crippen LogP contribution < -0.4 is 0 Å². The van der Waals surface area contributed by atoms with Crippen LogP contribution in [0, 0.1) is 11.6 Å². The number of rotatable bonds is 2. The van der Waals surface area contributed by atoms with Crippen LogP contribution in [0.3, 0.4) is 0 Å². The Morgan fingerprint density at radius 3 is 2.36 bits per heavy atom. The Balaban J connectivity index is 1.73. The largest absolute Gasteiger partial charge is 0.253 e. The topological polar surface area (TPSA) is 43.1 Å². The van der Waals surface area contributed by atoms with E-state index in [2.05, 4.69) is 10.1 Å². The van der Waals surface area contributed by atoms with Gasteiger partial charge >= 0.3 is 0 Å². The van der Waals surface area contributed by atoms with Crippen molar-refractivity contribution in [1.29, 1.82) is 0 Å². The highest BCUT2D eigenvalue weighted by Gasteiger charge is 2.23. The minimum Gasteiger partial charge on any atom is -0.211 e. The van der Waals surface area contributed by atoms with E-state index in [9.17, 15) is 8.78 Å². The van der Waals surface area contributed by atoms with Crippen LogP contribution in [0.15, 0.2) is 54.9 Å². The minimum atomic E-state index is -0.279. The molecule has 4 nitrogen and oxygen atoms in total. The fraction of sp³-hybridized carbons (Fsp3) is 0.136. The van der Waals surface area contributed by atoms with Gasteiger partial charge in [-0.25, -0.2) is 13.8 Å². The number of fused-ring (bicyclic) bond motifs is 2. The maximum atomic E-state index is 13.4. The standard InChI is InChI=1S/C22H16F2N4/c23-17-8-4-14(5-9-17)12-16-2-1-3-19-20(16)27-22-25-13-26-28(22)21(19)15-6-10-18(24)11-7-15/h4-13H,1-3H2/b16-12+. The predicted molar refractivity (Wildman–Crippen MR) is 103 cm³/mol. The Morgan fingerprint density at radius 1 is 0.893 bits per heavy atom. The molecular weight excluding hydrogens is 358 g/mol. The van der Waals surface area contributed by atoms with Crippen molar-refractivity contribution in [2.75, 3.05) is 0 Å². The van der Waals surface area contributed by atoms with Crippen molar-refractivity contribution < 1.29 is 8.78 Å². The molecule has 0 saturated heterocycles. The average Bonchev–Trinajstić information content (AvgIpc) is 3.17. The lowest BCUT2D eigenvalue weighted by Crippen LogP contribution is -2.11. The molecular formula is C22H16F2N4. The summed E-state index contributed by atoms with van der Waals surface area (Å²) in [6.45, 7) is 0. The molecule has 0 unspecified atom stereocenters. The third kappa shape index (κ3) is 2.87. The summed E-state index contributed by atoms with van der Waals surface area (Å²) in [5, 5.41) is 4.33. The summed E-state index contributed by atoms with van der Waals surface area (Å²) in [6, 6.07) is 12.8. The van der Waals surface area contributed by atoms with Gasteiger partial charge in [-0.05, 0) is 72.9 Å². The molecule has 0 N–H and O–H groups in total. The Bertz CT molecular complexity index is 1190. The molecule has 0 saturated carbocycles. The van der Waals surface area contributed by atoms with Crippen LogP contribution in [-0.2, 0) is 6.42 Å². The van der Waals surface area contributed by atoms with Gasteiger partial charge in [0, 0.05) is 11.1 Å². The van der Waals surface area contributed by atoms with Gasteiger partial charge in [0.05, 0.1) is 11.4 Å². The Kier molecular flexibility index (Phi) is 3.97. The third-order valence-corrected chi connectivity index (χ3v) is 5.03. The molecule has 0 aliphatic heterocycles. The number of allylic oxidation sites excluding steroid dienone is 1. The van der Waals surface area contributed by atoms with E-state index >= 15 is 0 Å². The molecule has 138 valence electrons. The second-order valence-electron chi connectivity index (χ2n) is 6.84. The molecule has 1 aliphatic rings. The summed E-state index contributed by atoms with van der Waals surface area (Å²) in [4.78, 5) is 9.02. The zero-order valence-electron chi connectivity index (χ0n) is 14.9. The Morgan fingerprint density at radius 2 is 1.61 bits per heavy atom. The molecule has 1 aliphatic carbocycles. The molecule has 2 aromatic heterocycles. The molecule has 28 heavy (non-hydrogen) atoms. The summed E-state index contributed by atoms with van der Waals surface area (Å²) >= 11 is 0. The van der Waals surface area contributed by atoms with Crippen molar-refractivity contribution in [3.05, 3.63) is 83.3 Å². The quantitative estimate of drug-likeness (QED) is 0.499. The minimum absolute atomic E-state index is 0.256. The van der Waals surface area contributed by atoms with Crippen LogP contribution in [0.4, 0.5) is 8.78 Å². The smallest absolute Gasteiger partial charge is 0.211 e. The molecule has 6 heteroatoms. The van der Waals surface area contributed by atoms with Gasteiger partial charge in [-0.2, -0.15) is 14.6 Å². The lowest BCUT2D eigenvalue weighted by Gasteiger charge is -2.22.